The second-order valence-corrected chi connectivity index (χ2v) is 4.71. The molecule has 4 heteroatoms. The minimum atomic E-state index is -0.548. The molecule has 2 N–H and O–H groups in total. The number of ether oxygens (including phenoxy) is 1. The lowest BCUT2D eigenvalue weighted by Gasteiger charge is -2.10. The Morgan fingerprint density at radius 3 is 2.53 bits per heavy atom. The van der Waals surface area contributed by atoms with Crippen molar-refractivity contribution in [2.45, 2.75) is 19.8 Å². The summed E-state index contributed by atoms with van der Waals surface area (Å²) < 4.78 is 18.9. The Balaban J connectivity index is 2.19. The van der Waals surface area contributed by atoms with Crippen molar-refractivity contribution in [3.63, 3.8) is 0 Å². The predicted molar refractivity (Wildman–Crippen MR) is 76.3 cm³/mol. The molecule has 0 aliphatic rings. The second kappa shape index (κ2) is 5.93. The number of halogens is 2. The van der Waals surface area contributed by atoms with Crippen molar-refractivity contribution in [1.82, 2.24) is 0 Å². The van der Waals surface area contributed by atoms with E-state index in [0.717, 1.165) is 12.8 Å². The van der Waals surface area contributed by atoms with E-state index in [1.165, 1.54) is 17.7 Å². The number of anilines is 1. The van der Waals surface area contributed by atoms with Crippen LogP contribution in [0.1, 0.15) is 18.9 Å². The van der Waals surface area contributed by atoms with Gasteiger partial charge in [-0.1, -0.05) is 37.1 Å². The molecule has 0 bridgehead atoms. The third-order valence-electron chi connectivity index (χ3n) is 2.74. The molecule has 0 saturated heterocycles. The molecule has 0 unspecified atom stereocenters. The first kappa shape index (κ1) is 13.7. The van der Waals surface area contributed by atoms with Crippen LogP contribution >= 0.6 is 11.6 Å². The van der Waals surface area contributed by atoms with Crippen molar-refractivity contribution in [2.75, 3.05) is 5.73 Å². The van der Waals surface area contributed by atoms with E-state index < -0.39 is 5.82 Å². The topological polar surface area (TPSA) is 35.2 Å². The molecule has 0 radical (unpaired) electrons. The molecule has 2 rings (SSSR count). The third kappa shape index (κ3) is 3.38. The van der Waals surface area contributed by atoms with Crippen LogP contribution in [0.5, 0.6) is 11.5 Å². The molecule has 0 aliphatic carbocycles. The van der Waals surface area contributed by atoms with E-state index in [0.29, 0.717) is 11.4 Å². The molecule has 2 aromatic rings. The highest BCUT2D eigenvalue weighted by atomic mass is 35.5. The highest BCUT2D eigenvalue weighted by Gasteiger charge is 2.08. The molecule has 0 heterocycles. The van der Waals surface area contributed by atoms with Gasteiger partial charge in [0, 0.05) is 6.07 Å². The molecule has 0 spiro atoms. The largest absolute Gasteiger partial charge is 0.455 e. The van der Waals surface area contributed by atoms with Crippen LogP contribution in [0.25, 0.3) is 0 Å². The summed E-state index contributed by atoms with van der Waals surface area (Å²) in [6, 6.07) is 10.2. The van der Waals surface area contributed by atoms with Gasteiger partial charge in [0.15, 0.2) is 5.75 Å². The van der Waals surface area contributed by atoms with Gasteiger partial charge in [-0.3, -0.25) is 0 Å². The average Bonchev–Trinajstić information content (AvgIpc) is 2.38. The van der Waals surface area contributed by atoms with Gasteiger partial charge in [-0.2, -0.15) is 0 Å². The lowest BCUT2D eigenvalue weighted by Crippen LogP contribution is -1.94. The number of nitrogens with two attached hydrogens (primary N) is 1. The van der Waals surface area contributed by atoms with E-state index in [1.54, 1.807) is 0 Å². The summed E-state index contributed by atoms with van der Waals surface area (Å²) in [5.41, 5.74) is 7.29. The van der Waals surface area contributed by atoms with Crippen LogP contribution in [0.3, 0.4) is 0 Å². The van der Waals surface area contributed by atoms with Gasteiger partial charge >= 0.3 is 0 Å². The quantitative estimate of drug-likeness (QED) is 0.816. The molecule has 0 fully saturated rings. The van der Waals surface area contributed by atoms with Crippen LogP contribution in [0.4, 0.5) is 10.1 Å². The Bertz CT molecular complexity index is 569. The predicted octanol–water partition coefficient (Wildman–Crippen LogP) is 4.81. The van der Waals surface area contributed by atoms with Crippen molar-refractivity contribution < 1.29 is 9.13 Å². The molecule has 0 aromatic heterocycles. The van der Waals surface area contributed by atoms with Crippen molar-refractivity contribution in [3.8, 4) is 11.5 Å². The minimum Gasteiger partial charge on any atom is -0.455 e. The summed E-state index contributed by atoms with van der Waals surface area (Å²) in [6.07, 6.45) is 2.12. The van der Waals surface area contributed by atoms with E-state index in [4.69, 9.17) is 22.1 Å². The van der Waals surface area contributed by atoms with Crippen LogP contribution < -0.4 is 10.5 Å². The molecular formula is C15H15ClFNO. The highest BCUT2D eigenvalue weighted by Crippen LogP contribution is 2.31. The molecule has 2 aromatic carbocycles. The van der Waals surface area contributed by atoms with Crippen molar-refractivity contribution in [1.29, 1.82) is 0 Å². The zero-order valence-electron chi connectivity index (χ0n) is 10.6. The average molecular weight is 280 g/mol. The first-order valence-electron chi connectivity index (χ1n) is 6.11. The summed E-state index contributed by atoms with van der Waals surface area (Å²) in [6.45, 7) is 2.13. The van der Waals surface area contributed by atoms with Gasteiger partial charge in [0.05, 0.1) is 10.7 Å². The smallest absolute Gasteiger partial charge is 0.153 e. The molecule has 100 valence electrons. The monoisotopic (exact) mass is 279 g/mol. The van der Waals surface area contributed by atoms with Crippen molar-refractivity contribution in [3.05, 3.63) is 52.8 Å². The first-order valence-corrected chi connectivity index (χ1v) is 6.49. The van der Waals surface area contributed by atoms with E-state index in [2.05, 4.69) is 6.92 Å². The highest BCUT2D eigenvalue weighted by molar-refractivity contribution is 6.31. The number of nitrogen functional groups attached to an aromatic ring is 1. The standard InChI is InChI=1S/C15H15ClFNO/c1-2-3-10-4-6-11(7-5-10)19-15-9-13(17)12(16)8-14(15)18/h4-9H,2-3,18H2,1H3. The van der Waals surface area contributed by atoms with Crippen molar-refractivity contribution >= 4 is 17.3 Å². The minimum absolute atomic E-state index is 0.0110. The third-order valence-corrected chi connectivity index (χ3v) is 3.03. The zero-order valence-corrected chi connectivity index (χ0v) is 11.4. The number of rotatable bonds is 4. The lowest BCUT2D eigenvalue weighted by atomic mass is 10.1. The number of aryl methyl sites for hydroxylation is 1. The Labute approximate surface area is 117 Å². The van der Waals surface area contributed by atoms with Crippen LogP contribution in [-0.4, -0.2) is 0 Å². The number of hydrogen-bond acceptors (Lipinski definition) is 2. The number of hydrogen-bond donors (Lipinski definition) is 1. The summed E-state index contributed by atoms with van der Waals surface area (Å²) in [5, 5.41) is -0.0110. The molecule has 19 heavy (non-hydrogen) atoms. The van der Waals surface area contributed by atoms with Gasteiger partial charge in [0.25, 0.3) is 0 Å². The van der Waals surface area contributed by atoms with Gasteiger partial charge < -0.3 is 10.5 Å². The Kier molecular flexibility index (Phi) is 4.27. The van der Waals surface area contributed by atoms with E-state index in [1.807, 2.05) is 24.3 Å². The summed E-state index contributed by atoms with van der Waals surface area (Å²) in [4.78, 5) is 0. The van der Waals surface area contributed by atoms with Gasteiger partial charge in [-0.25, -0.2) is 4.39 Å². The molecule has 0 amide bonds. The van der Waals surface area contributed by atoms with Crippen LogP contribution in [0.15, 0.2) is 36.4 Å². The molecule has 2 nitrogen and oxygen atoms in total. The fourth-order valence-corrected chi connectivity index (χ4v) is 1.94. The van der Waals surface area contributed by atoms with Gasteiger partial charge in [0.2, 0.25) is 0 Å². The van der Waals surface area contributed by atoms with Crippen LogP contribution in [0, 0.1) is 5.82 Å². The second-order valence-electron chi connectivity index (χ2n) is 4.30. The van der Waals surface area contributed by atoms with Crippen LogP contribution in [-0.2, 0) is 6.42 Å². The summed E-state index contributed by atoms with van der Waals surface area (Å²) in [7, 11) is 0. The fraction of sp³-hybridized carbons (Fsp3) is 0.200. The maximum atomic E-state index is 13.4. The summed E-state index contributed by atoms with van der Waals surface area (Å²) >= 11 is 5.63. The normalized spacial score (nSPS) is 10.5. The maximum absolute atomic E-state index is 13.4. The lowest BCUT2D eigenvalue weighted by molar-refractivity contribution is 0.479. The van der Waals surface area contributed by atoms with Gasteiger partial charge in [0.1, 0.15) is 11.6 Å². The maximum Gasteiger partial charge on any atom is 0.153 e. The fourth-order valence-electron chi connectivity index (χ4n) is 1.77. The molecule has 0 saturated carbocycles. The van der Waals surface area contributed by atoms with E-state index >= 15 is 0 Å². The Morgan fingerprint density at radius 1 is 1.21 bits per heavy atom. The van der Waals surface area contributed by atoms with Crippen LogP contribution in [0.2, 0.25) is 5.02 Å². The summed E-state index contributed by atoms with van der Waals surface area (Å²) in [5.74, 6) is 0.340. The Morgan fingerprint density at radius 2 is 1.89 bits per heavy atom. The molecular weight excluding hydrogens is 265 g/mol. The molecule has 0 atom stereocenters. The molecule has 0 aliphatic heterocycles. The number of benzene rings is 2. The zero-order chi connectivity index (χ0) is 13.8. The SMILES string of the molecule is CCCc1ccc(Oc2cc(F)c(Cl)cc2N)cc1. The van der Waals surface area contributed by atoms with E-state index in [-0.39, 0.29) is 10.8 Å². The first-order chi connectivity index (χ1) is 9.10. The Hall–Kier alpha value is -1.74. The van der Waals surface area contributed by atoms with Crippen molar-refractivity contribution in [2.24, 2.45) is 0 Å². The van der Waals surface area contributed by atoms with E-state index in [9.17, 15) is 4.39 Å². The van der Waals surface area contributed by atoms with Gasteiger partial charge in [-0.05, 0) is 30.2 Å². The van der Waals surface area contributed by atoms with Gasteiger partial charge in [-0.15, -0.1) is 0 Å².